The van der Waals surface area contributed by atoms with Crippen LogP contribution in [0, 0.1) is 0 Å². The SMILES string of the molecule is CCCCCCC(=O)C(F)(F)Cl. The molecule has 0 aliphatic carbocycles. The molecule has 0 heterocycles. The number of hydrogen-bond acceptors (Lipinski definition) is 1. The van der Waals surface area contributed by atoms with Crippen LogP contribution in [0.1, 0.15) is 39.0 Å². The fourth-order valence-electron chi connectivity index (χ4n) is 0.854. The van der Waals surface area contributed by atoms with Crippen molar-refractivity contribution in [3.63, 3.8) is 0 Å². The molecule has 0 rings (SSSR count). The molecule has 0 unspecified atom stereocenters. The minimum atomic E-state index is -3.66. The molecule has 0 fully saturated rings. The van der Waals surface area contributed by atoms with E-state index < -0.39 is 11.2 Å². The summed E-state index contributed by atoms with van der Waals surface area (Å²) in [7, 11) is 0. The van der Waals surface area contributed by atoms with E-state index in [1.807, 2.05) is 6.92 Å². The molecule has 0 aromatic rings. The number of Topliss-reactive ketones (excluding diaryl/α,β-unsaturated/α-hetero) is 1. The molecule has 0 bridgehead atoms. The lowest BCUT2D eigenvalue weighted by Gasteiger charge is -2.05. The summed E-state index contributed by atoms with van der Waals surface area (Å²) in [6.07, 6.45) is 3.20. The van der Waals surface area contributed by atoms with Gasteiger partial charge in [0.05, 0.1) is 0 Å². The van der Waals surface area contributed by atoms with Crippen molar-refractivity contribution in [3.05, 3.63) is 0 Å². The van der Waals surface area contributed by atoms with E-state index in [-0.39, 0.29) is 6.42 Å². The standard InChI is InChI=1S/C8H13ClF2O/c1-2-3-4-5-6-7(12)8(9,10)11/h2-6H2,1H3. The number of rotatable bonds is 6. The van der Waals surface area contributed by atoms with Gasteiger partial charge in [-0.3, -0.25) is 4.79 Å². The quantitative estimate of drug-likeness (QED) is 0.473. The Kier molecular flexibility index (Phi) is 5.38. The molecule has 1 nitrogen and oxygen atoms in total. The summed E-state index contributed by atoms with van der Waals surface area (Å²) in [5.74, 6) is -1.17. The van der Waals surface area contributed by atoms with Crippen molar-refractivity contribution in [2.45, 2.75) is 44.4 Å². The van der Waals surface area contributed by atoms with Crippen molar-refractivity contribution in [2.24, 2.45) is 0 Å². The van der Waals surface area contributed by atoms with Gasteiger partial charge in [0.15, 0.2) is 0 Å². The summed E-state index contributed by atoms with van der Waals surface area (Å²) in [5, 5.41) is -3.66. The van der Waals surface area contributed by atoms with Gasteiger partial charge in [-0.1, -0.05) is 26.2 Å². The largest absolute Gasteiger partial charge is 0.380 e. The van der Waals surface area contributed by atoms with Gasteiger partial charge in [0, 0.05) is 6.42 Å². The van der Waals surface area contributed by atoms with E-state index in [1.54, 1.807) is 0 Å². The normalized spacial score (nSPS) is 11.7. The number of unbranched alkanes of at least 4 members (excludes halogenated alkanes) is 3. The molecule has 0 aromatic heterocycles. The summed E-state index contributed by atoms with van der Waals surface area (Å²) < 4.78 is 24.1. The number of carbonyl (C=O) groups excluding carboxylic acids is 1. The van der Waals surface area contributed by atoms with Gasteiger partial charge in [0.2, 0.25) is 5.78 Å². The second-order valence-corrected chi connectivity index (χ2v) is 3.21. The molecule has 0 aliphatic rings. The zero-order valence-corrected chi connectivity index (χ0v) is 7.83. The van der Waals surface area contributed by atoms with Crippen molar-refractivity contribution in [1.29, 1.82) is 0 Å². The van der Waals surface area contributed by atoms with Gasteiger partial charge < -0.3 is 0 Å². The third kappa shape index (κ3) is 5.47. The maximum atomic E-state index is 12.0. The number of carbonyl (C=O) groups is 1. The Morgan fingerprint density at radius 1 is 1.33 bits per heavy atom. The number of hydrogen-bond donors (Lipinski definition) is 0. The van der Waals surface area contributed by atoms with Gasteiger partial charge in [0.1, 0.15) is 0 Å². The third-order valence-electron chi connectivity index (χ3n) is 1.57. The molecule has 0 saturated carbocycles. The summed E-state index contributed by atoms with van der Waals surface area (Å²) in [6, 6.07) is 0. The fraction of sp³-hybridized carbons (Fsp3) is 0.875. The van der Waals surface area contributed by atoms with Crippen molar-refractivity contribution in [1.82, 2.24) is 0 Å². The van der Waals surface area contributed by atoms with Crippen LogP contribution in [-0.2, 0) is 4.79 Å². The Labute approximate surface area is 76.1 Å². The van der Waals surface area contributed by atoms with Crippen molar-refractivity contribution >= 4 is 17.4 Å². The van der Waals surface area contributed by atoms with E-state index in [2.05, 4.69) is 11.6 Å². The Hall–Kier alpha value is -0.180. The predicted molar refractivity (Wildman–Crippen MR) is 44.6 cm³/mol. The average Bonchev–Trinajstić information content (AvgIpc) is 1.96. The molecule has 0 saturated heterocycles. The molecule has 0 radical (unpaired) electrons. The van der Waals surface area contributed by atoms with Crippen LogP contribution in [0.5, 0.6) is 0 Å². The minimum Gasteiger partial charge on any atom is -0.291 e. The molecule has 0 aliphatic heterocycles. The van der Waals surface area contributed by atoms with Crippen LogP contribution in [0.2, 0.25) is 0 Å². The predicted octanol–water partition coefficient (Wildman–Crippen LogP) is 3.36. The van der Waals surface area contributed by atoms with Gasteiger partial charge in [-0.2, -0.15) is 8.78 Å². The van der Waals surface area contributed by atoms with Gasteiger partial charge in [-0.15, -0.1) is 0 Å². The average molecular weight is 199 g/mol. The summed E-state index contributed by atoms with van der Waals surface area (Å²) in [5.41, 5.74) is 0. The molecule has 12 heavy (non-hydrogen) atoms. The minimum absolute atomic E-state index is 0.115. The molecule has 0 aromatic carbocycles. The topological polar surface area (TPSA) is 17.1 Å². The Balaban J connectivity index is 3.45. The first kappa shape index (κ1) is 11.8. The van der Waals surface area contributed by atoms with Gasteiger partial charge in [0.25, 0.3) is 0 Å². The highest BCUT2D eigenvalue weighted by Crippen LogP contribution is 2.22. The maximum absolute atomic E-state index is 12.0. The van der Waals surface area contributed by atoms with Crippen LogP contribution in [0.15, 0.2) is 0 Å². The molecule has 0 N–H and O–H groups in total. The van der Waals surface area contributed by atoms with E-state index >= 15 is 0 Å². The number of halogens is 3. The van der Waals surface area contributed by atoms with Crippen LogP contribution in [-0.4, -0.2) is 11.2 Å². The summed E-state index contributed by atoms with van der Waals surface area (Å²) in [6.45, 7) is 2.01. The lowest BCUT2D eigenvalue weighted by atomic mass is 10.1. The maximum Gasteiger partial charge on any atom is 0.380 e. The zero-order valence-electron chi connectivity index (χ0n) is 7.08. The van der Waals surface area contributed by atoms with Crippen molar-refractivity contribution < 1.29 is 13.6 Å². The fourth-order valence-corrected chi connectivity index (χ4v) is 0.949. The third-order valence-corrected chi connectivity index (χ3v) is 1.78. The molecule has 0 amide bonds. The van der Waals surface area contributed by atoms with Crippen LogP contribution in [0.3, 0.4) is 0 Å². The lowest BCUT2D eigenvalue weighted by molar-refractivity contribution is -0.133. The molecule has 0 spiro atoms. The second-order valence-electron chi connectivity index (χ2n) is 2.73. The number of ketones is 1. The van der Waals surface area contributed by atoms with Crippen molar-refractivity contribution in [2.75, 3.05) is 0 Å². The zero-order chi connectivity index (χ0) is 9.61. The Morgan fingerprint density at radius 3 is 2.33 bits per heavy atom. The van der Waals surface area contributed by atoms with E-state index in [9.17, 15) is 13.6 Å². The molecular formula is C8H13ClF2O. The Bertz CT molecular complexity index is 142. The van der Waals surface area contributed by atoms with E-state index in [4.69, 9.17) is 0 Å². The van der Waals surface area contributed by atoms with Gasteiger partial charge in [-0.25, -0.2) is 0 Å². The molecule has 4 heteroatoms. The van der Waals surface area contributed by atoms with E-state index in [0.29, 0.717) is 6.42 Å². The highest BCUT2D eigenvalue weighted by Gasteiger charge is 2.34. The monoisotopic (exact) mass is 198 g/mol. The lowest BCUT2D eigenvalue weighted by Crippen LogP contribution is -2.20. The van der Waals surface area contributed by atoms with Crippen molar-refractivity contribution in [3.8, 4) is 0 Å². The van der Waals surface area contributed by atoms with Crippen LogP contribution in [0.25, 0.3) is 0 Å². The first-order valence-corrected chi connectivity index (χ1v) is 4.46. The first-order chi connectivity index (χ1) is 5.48. The Morgan fingerprint density at radius 2 is 1.92 bits per heavy atom. The van der Waals surface area contributed by atoms with E-state index in [1.165, 1.54) is 0 Å². The summed E-state index contributed by atoms with van der Waals surface area (Å²) in [4.78, 5) is 10.5. The summed E-state index contributed by atoms with van der Waals surface area (Å²) >= 11 is 4.51. The number of alkyl halides is 3. The van der Waals surface area contributed by atoms with Crippen LogP contribution >= 0.6 is 11.6 Å². The highest BCUT2D eigenvalue weighted by atomic mass is 35.5. The highest BCUT2D eigenvalue weighted by molar-refractivity contribution is 6.32. The molecule has 0 atom stereocenters. The molecular weight excluding hydrogens is 186 g/mol. The molecule has 72 valence electrons. The smallest absolute Gasteiger partial charge is 0.291 e. The van der Waals surface area contributed by atoms with Crippen LogP contribution in [0.4, 0.5) is 8.78 Å². The second kappa shape index (κ2) is 5.46. The first-order valence-electron chi connectivity index (χ1n) is 4.08. The van der Waals surface area contributed by atoms with E-state index in [0.717, 1.165) is 19.3 Å². The van der Waals surface area contributed by atoms with Gasteiger partial charge in [-0.05, 0) is 18.0 Å². The van der Waals surface area contributed by atoms with Crippen LogP contribution < -0.4 is 0 Å². The van der Waals surface area contributed by atoms with Gasteiger partial charge >= 0.3 is 5.38 Å².